The van der Waals surface area contributed by atoms with Crippen molar-refractivity contribution in [1.29, 1.82) is 0 Å². The molecule has 0 saturated carbocycles. The lowest BCUT2D eigenvalue weighted by atomic mass is 10.1. The fourth-order valence-corrected chi connectivity index (χ4v) is 3.60. The first-order valence-electron chi connectivity index (χ1n) is 9.41. The molecule has 0 aliphatic rings. The number of rotatable bonds is 10. The number of nitrogens with zero attached hydrogens (tertiary/aromatic N) is 1. The summed E-state index contributed by atoms with van der Waals surface area (Å²) in [6.45, 7) is -0.323. The summed E-state index contributed by atoms with van der Waals surface area (Å²) >= 11 is 0. The quantitative estimate of drug-likeness (QED) is 0.258. The SMILES string of the molecule is CN=C(NCCS(=O)Cc1ccccc1)NCc1ccc(COCC(F)(F)F)cc1.I. The van der Waals surface area contributed by atoms with Crippen molar-refractivity contribution in [1.82, 2.24) is 10.6 Å². The number of guanidine groups is 1. The van der Waals surface area contributed by atoms with Crippen molar-refractivity contribution in [2.24, 2.45) is 4.99 Å². The number of hydrogen-bond acceptors (Lipinski definition) is 3. The second-order valence-corrected chi connectivity index (χ2v) is 8.13. The lowest BCUT2D eigenvalue weighted by molar-refractivity contribution is -0.176. The number of halogens is 4. The topological polar surface area (TPSA) is 62.7 Å². The van der Waals surface area contributed by atoms with Crippen LogP contribution in [-0.2, 0) is 34.4 Å². The van der Waals surface area contributed by atoms with Crippen molar-refractivity contribution in [2.45, 2.75) is 25.1 Å². The van der Waals surface area contributed by atoms with E-state index in [1.165, 1.54) is 0 Å². The Morgan fingerprint density at radius 1 is 1.00 bits per heavy atom. The Bertz CT molecular complexity index is 819. The molecule has 0 aliphatic heterocycles. The van der Waals surface area contributed by atoms with E-state index in [1.54, 1.807) is 19.2 Å². The summed E-state index contributed by atoms with van der Waals surface area (Å²) in [6, 6.07) is 16.8. The molecule has 1 unspecified atom stereocenters. The highest BCUT2D eigenvalue weighted by molar-refractivity contribution is 14.0. The summed E-state index contributed by atoms with van der Waals surface area (Å²) in [7, 11) is 0.682. The smallest absolute Gasteiger partial charge is 0.367 e. The van der Waals surface area contributed by atoms with Crippen molar-refractivity contribution in [3.63, 3.8) is 0 Å². The normalized spacial score (nSPS) is 12.7. The van der Waals surface area contributed by atoms with Gasteiger partial charge in [-0.15, -0.1) is 24.0 Å². The number of ether oxygens (including phenoxy) is 1. The lowest BCUT2D eigenvalue weighted by Crippen LogP contribution is -2.38. The van der Waals surface area contributed by atoms with Gasteiger partial charge >= 0.3 is 6.18 Å². The number of benzene rings is 2. The van der Waals surface area contributed by atoms with Crippen LogP contribution in [0, 0.1) is 0 Å². The van der Waals surface area contributed by atoms with Crippen LogP contribution in [0.1, 0.15) is 16.7 Å². The molecular formula is C21H27F3IN3O2S. The van der Waals surface area contributed by atoms with Gasteiger partial charge in [0.05, 0.1) is 6.61 Å². The molecule has 172 valence electrons. The van der Waals surface area contributed by atoms with Crippen molar-refractivity contribution in [3.05, 3.63) is 71.3 Å². The van der Waals surface area contributed by atoms with Gasteiger partial charge in [0.1, 0.15) is 6.61 Å². The van der Waals surface area contributed by atoms with E-state index >= 15 is 0 Å². The van der Waals surface area contributed by atoms with Crippen molar-refractivity contribution in [3.8, 4) is 0 Å². The maximum atomic E-state index is 12.2. The molecule has 2 N–H and O–H groups in total. The first kappa shape index (κ1) is 27.4. The highest BCUT2D eigenvalue weighted by Gasteiger charge is 2.27. The molecule has 0 aromatic heterocycles. The van der Waals surface area contributed by atoms with Gasteiger partial charge in [0.2, 0.25) is 0 Å². The molecule has 0 saturated heterocycles. The summed E-state index contributed by atoms with van der Waals surface area (Å²) < 4.78 is 53.1. The van der Waals surface area contributed by atoms with Crippen molar-refractivity contribution in [2.75, 3.05) is 26.0 Å². The minimum absolute atomic E-state index is 0. The number of nitrogens with one attached hydrogen (secondary N) is 2. The molecule has 0 radical (unpaired) electrons. The second kappa shape index (κ2) is 14.4. The highest BCUT2D eigenvalue weighted by Crippen LogP contribution is 2.15. The average molecular weight is 569 g/mol. The summed E-state index contributed by atoms with van der Waals surface area (Å²) in [4.78, 5) is 4.13. The molecule has 10 heteroatoms. The number of hydrogen-bond donors (Lipinski definition) is 2. The van der Waals surface area contributed by atoms with Crippen LogP contribution < -0.4 is 10.6 Å². The standard InChI is InChI=1S/C21H26F3N3O2S.HI/c1-25-20(26-11-12-30(28)15-19-5-3-2-4-6-19)27-13-17-7-9-18(10-8-17)14-29-16-21(22,23)24;/h2-10H,11-16H2,1H3,(H2,25,26,27);1H. The lowest BCUT2D eigenvalue weighted by Gasteiger charge is -2.12. The highest BCUT2D eigenvalue weighted by atomic mass is 127. The van der Waals surface area contributed by atoms with Crippen LogP contribution in [0.2, 0.25) is 0 Å². The molecule has 31 heavy (non-hydrogen) atoms. The van der Waals surface area contributed by atoms with Gasteiger partial charge in [-0.3, -0.25) is 9.20 Å². The summed E-state index contributed by atoms with van der Waals surface area (Å²) in [5.74, 6) is 1.61. The molecular weight excluding hydrogens is 542 g/mol. The summed E-state index contributed by atoms with van der Waals surface area (Å²) in [5.41, 5.74) is 2.67. The number of aliphatic imine (C=N–C) groups is 1. The first-order chi connectivity index (χ1) is 14.4. The van der Waals surface area contributed by atoms with Crippen LogP contribution in [0.25, 0.3) is 0 Å². The van der Waals surface area contributed by atoms with Crippen LogP contribution >= 0.6 is 24.0 Å². The van der Waals surface area contributed by atoms with Gasteiger partial charge in [-0.05, 0) is 16.7 Å². The molecule has 0 spiro atoms. The molecule has 2 aromatic carbocycles. The van der Waals surface area contributed by atoms with Crippen molar-refractivity contribution >= 4 is 40.7 Å². The zero-order valence-corrected chi connectivity index (χ0v) is 20.3. The maximum absolute atomic E-state index is 12.2. The summed E-state index contributed by atoms with van der Waals surface area (Å²) in [6.07, 6.45) is -4.32. The molecule has 0 bridgehead atoms. The molecule has 0 amide bonds. The Labute approximate surface area is 200 Å². The third-order valence-corrected chi connectivity index (χ3v) is 5.35. The largest absolute Gasteiger partial charge is 0.411 e. The fraction of sp³-hybridized carbons (Fsp3) is 0.381. The molecule has 0 heterocycles. The Morgan fingerprint density at radius 3 is 2.26 bits per heavy atom. The molecule has 0 aliphatic carbocycles. The maximum Gasteiger partial charge on any atom is 0.411 e. The van der Waals surface area contributed by atoms with Gasteiger partial charge in [-0.1, -0.05) is 54.6 Å². The van der Waals surface area contributed by atoms with Crippen LogP contribution in [0.3, 0.4) is 0 Å². The van der Waals surface area contributed by atoms with Gasteiger partial charge in [0.25, 0.3) is 0 Å². The van der Waals surface area contributed by atoms with E-state index < -0.39 is 23.6 Å². The van der Waals surface area contributed by atoms with Gasteiger partial charge in [0.15, 0.2) is 5.96 Å². The van der Waals surface area contributed by atoms with Crippen LogP contribution in [0.5, 0.6) is 0 Å². The Balaban J connectivity index is 0.00000480. The second-order valence-electron chi connectivity index (χ2n) is 6.55. The van der Waals surface area contributed by atoms with Crippen molar-refractivity contribution < 1.29 is 22.1 Å². The third kappa shape index (κ3) is 12.1. The predicted molar refractivity (Wildman–Crippen MR) is 129 cm³/mol. The van der Waals surface area contributed by atoms with Gasteiger partial charge in [-0.2, -0.15) is 13.2 Å². The number of alkyl halides is 3. The zero-order chi connectivity index (χ0) is 21.8. The van der Waals surface area contributed by atoms with E-state index in [9.17, 15) is 17.4 Å². The minimum Gasteiger partial charge on any atom is -0.367 e. The van der Waals surface area contributed by atoms with Crippen LogP contribution in [-0.4, -0.2) is 42.3 Å². The van der Waals surface area contributed by atoms with Gasteiger partial charge < -0.3 is 15.4 Å². The Hall–Kier alpha value is -1.66. The summed E-state index contributed by atoms with van der Waals surface area (Å²) in [5, 5.41) is 6.28. The molecule has 2 aromatic rings. The monoisotopic (exact) mass is 569 g/mol. The molecule has 1 atom stereocenters. The van der Waals surface area contributed by atoms with Crippen LogP contribution in [0.15, 0.2) is 59.6 Å². The average Bonchev–Trinajstić information content (AvgIpc) is 2.71. The van der Waals surface area contributed by atoms with E-state index in [0.29, 0.717) is 36.1 Å². The van der Waals surface area contributed by atoms with E-state index in [4.69, 9.17) is 0 Å². The van der Waals surface area contributed by atoms with E-state index in [-0.39, 0.29) is 30.6 Å². The molecule has 0 fully saturated rings. The third-order valence-electron chi connectivity index (χ3n) is 4.03. The van der Waals surface area contributed by atoms with E-state index in [1.807, 2.05) is 42.5 Å². The molecule has 5 nitrogen and oxygen atoms in total. The van der Waals surface area contributed by atoms with Crippen LogP contribution in [0.4, 0.5) is 13.2 Å². The molecule has 2 rings (SSSR count). The van der Waals surface area contributed by atoms with E-state index in [2.05, 4.69) is 20.4 Å². The predicted octanol–water partition coefficient (Wildman–Crippen LogP) is 4.00. The first-order valence-corrected chi connectivity index (χ1v) is 10.9. The zero-order valence-electron chi connectivity index (χ0n) is 17.2. The van der Waals surface area contributed by atoms with E-state index in [0.717, 1.165) is 11.1 Å². The van der Waals surface area contributed by atoms with Gasteiger partial charge in [-0.25, -0.2) is 0 Å². The fourth-order valence-electron chi connectivity index (χ4n) is 2.56. The Morgan fingerprint density at radius 2 is 1.65 bits per heavy atom. The Kier molecular flexibility index (Phi) is 12.7. The van der Waals surface area contributed by atoms with Gasteiger partial charge in [0, 0.05) is 42.4 Å². The minimum atomic E-state index is -4.32.